The fourth-order valence-electron chi connectivity index (χ4n) is 4.16. The first kappa shape index (κ1) is 25.2. The topological polar surface area (TPSA) is 84.2 Å². The van der Waals surface area contributed by atoms with E-state index in [-0.39, 0.29) is 11.5 Å². The van der Waals surface area contributed by atoms with Crippen LogP contribution in [0.1, 0.15) is 62.3 Å². The molecule has 4 aromatic rings. The number of carboxylic acids is 1. The second-order valence-corrected chi connectivity index (χ2v) is 10.2. The van der Waals surface area contributed by atoms with Crippen molar-refractivity contribution in [3.05, 3.63) is 83.7 Å². The molecule has 3 aromatic carbocycles. The number of aryl methyl sites for hydroxylation is 1. The lowest BCUT2D eigenvalue weighted by molar-refractivity contribution is -0.123. The quantitative estimate of drug-likeness (QED) is 0.289. The maximum absolute atomic E-state index is 12.5. The number of fused-ring (bicyclic) bond motifs is 1. The molecule has 1 aromatic heterocycles. The second kappa shape index (κ2) is 10.4. The molecule has 1 heterocycles. The van der Waals surface area contributed by atoms with Gasteiger partial charge in [-0.1, -0.05) is 76.6 Å². The Morgan fingerprint density at radius 2 is 1.72 bits per heavy atom. The van der Waals surface area contributed by atoms with Gasteiger partial charge < -0.3 is 15.0 Å². The van der Waals surface area contributed by atoms with Crippen LogP contribution in [-0.4, -0.2) is 26.5 Å². The van der Waals surface area contributed by atoms with Gasteiger partial charge >= 0.3 is 5.97 Å². The van der Waals surface area contributed by atoms with Crippen molar-refractivity contribution in [3.63, 3.8) is 0 Å². The highest BCUT2D eigenvalue weighted by molar-refractivity contribution is 5.97. The van der Waals surface area contributed by atoms with E-state index in [4.69, 9.17) is 4.98 Å². The lowest BCUT2D eigenvalue weighted by Crippen LogP contribution is -2.27. The number of carbonyl (C=O) groups is 2. The Balaban J connectivity index is 1.68. The van der Waals surface area contributed by atoms with Crippen molar-refractivity contribution in [2.75, 3.05) is 5.32 Å². The van der Waals surface area contributed by atoms with Crippen LogP contribution >= 0.6 is 0 Å². The number of rotatable bonds is 8. The largest absolute Gasteiger partial charge is 0.478 e. The molecule has 0 aliphatic rings. The number of hydrogen-bond donors (Lipinski definition) is 2. The molecule has 4 rings (SSSR count). The molecular formula is C30H33N3O3. The first-order valence-electron chi connectivity index (χ1n) is 12.4. The van der Waals surface area contributed by atoms with Crippen LogP contribution in [0.3, 0.4) is 0 Å². The van der Waals surface area contributed by atoms with E-state index in [9.17, 15) is 14.7 Å². The SMILES string of the molecule is CCCCc1nc2ccc(NC(=O)C(C)(C)C)cc2n1Cc1ccc(-c2ccccc2C(=O)O)cc1. The first-order valence-corrected chi connectivity index (χ1v) is 12.4. The minimum absolute atomic E-state index is 0.0312. The van der Waals surface area contributed by atoms with Crippen LogP contribution in [0.5, 0.6) is 0 Å². The predicted molar refractivity (Wildman–Crippen MR) is 144 cm³/mol. The molecule has 0 bridgehead atoms. The highest BCUT2D eigenvalue weighted by Crippen LogP contribution is 2.27. The van der Waals surface area contributed by atoms with Crippen LogP contribution in [0.4, 0.5) is 5.69 Å². The molecule has 0 aliphatic carbocycles. The fraction of sp³-hybridized carbons (Fsp3) is 0.300. The molecule has 6 nitrogen and oxygen atoms in total. The van der Waals surface area contributed by atoms with Gasteiger partial charge in [0.1, 0.15) is 5.82 Å². The van der Waals surface area contributed by atoms with E-state index >= 15 is 0 Å². The standard InChI is InChI=1S/C30H33N3O3/c1-5-6-11-27-32-25-17-16-22(31-29(36)30(2,3)4)18-26(25)33(27)19-20-12-14-21(15-13-20)23-9-7-8-10-24(23)28(34)35/h7-10,12-18H,5-6,11,19H2,1-4H3,(H,31,36)(H,34,35). The molecule has 1 amide bonds. The maximum atomic E-state index is 12.5. The number of unbranched alkanes of at least 4 members (excludes halogenated alkanes) is 1. The first-order chi connectivity index (χ1) is 17.2. The second-order valence-electron chi connectivity index (χ2n) is 10.2. The maximum Gasteiger partial charge on any atom is 0.336 e. The van der Waals surface area contributed by atoms with E-state index in [0.29, 0.717) is 12.1 Å². The summed E-state index contributed by atoms with van der Waals surface area (Å²) in [6, 6.07) is 20.9. The summed E-state index contributed by atoms with van der Waals surface area (Å²) in [5, 5.41) is 12.6. The molecule has 2 N–H and O–H groups in total. The van der Waals surface area contributed by atoms with Crippen molar-refractivity contribution in [1.82, 2.24) is 9.55 Å². The molecule has 0 fully saturated rings. The van der Waals surface area contributed by atoms with E-state index in [0.717, 1.165) is 52.9 Å². The monoisotopic (exact) mass is 483 g/mol. The molecule has 0 radical (unpaired) electrons. The number of carboxylic acid groups (broad SMARTS) is 1. The average Bonchev–Trinajstić information content (AvgIpc) is 3.19. The van der Waals surface area contributed by atoms with E-state index in [2.05, 4.69) is 16.8 Å². The Bertz CT molecular complexity index is 1400. The van der Waals surface area contributed by atoms with E-state index < -0.39 is 11.4 Å². The number of benzene rings is 3. The number of hydrogen-bond acceptors (Lipinski definition) is 3. The zero-order valence-electron chi connectivity index (χ0n) is 21.3. The lowest BCUT2D eigenvalue weighted by Gasteiger charge is -2.18. The molecule has 0 spiro atoms. The van der Waals surface area contributed by atoms with E-state index in [1.165, 1.54) is 0 Å². The number of nitrogens with one attached hydrogen (secondary N) is 1. The minimum Gasteiger partial charge on any atom is -0.478 e. The molecule has 0 unspecified atom stereocenters. The van der Waals surface area contributed by atoms with E-state index in [1.54, 1.807) is 12.1 Å². The Morgan fingerprint density at radius 3 is 2.39 bits per heavy atom. The van der Waals surface area contributed by atoms with Crippen molar-refractivity contribution in [1.29, 1.82) is 0 Å². The van der Waals surface area contributed by atoms with Crippen LogP contribution in [-0.2, 0) is 17.8 Å². The Labute approximate surface area is 212 Å². The zero-order valence-corrected chi connectivity index (χ0v) is 21.3. The van der Waals surface area contributed by atoms with Crippen molar-refractivity contribution in [3.8, 4) is 11.1 Å². The summed E-state index contributed by atoms with van der Waals surface area (Å²) < 4.78 is 2.22. The van der Waals surface area contributed by atoms with Gasteiger partial charge in [0, 0.05) is 24.1 Å². The number of amides is 1. The van der Waals surface area contributed by atoms with Gasteiger partial charge in [-0.15, -0.1) is 0 Å². The van der Waals surface area contributed by atoms with Crippen molar-refractivity contribution >= 4 is 28.6 Å². The van der Waals surface area contributed by atoms with Crippen LogP contribution in [0.2, 0.25) is 0 Å². The Hall–Kier alpha value is -3.93. The third-order valence-corrected chi connectivity index (χ3v) is 6.28. The summed E-state index contributed by atoms with van der Waals surface area (Å²) in [4.78, 5) is 29.1. The summed E-state index contributed by atoms with van der Waals surface area (Å²) in [7, 11) is 0. The third-order valence-electron chi connectivity index (χ3n) is 6.28. The van der Waals surface area contributed by atoms with Crippen molar-refractivity contribution < 1.29 is 14.7 Å². The van der Waals surface area contributed by atoms with Crippen LogP contribution < -0.4 is 5.32 Å². The van der Waals surface area contributed by atoms with Crippen molar-refractivity contribution in [2.45, 2.75) is 53.5 Å². The van der Waals surface area contributed by atoms with Crippen LogP contribution in [0.15, 0.2) is 66.7 Å². The molecule has 186 valence electrons. The Kier molecular flexibility index (Phi) is 7.25. The summed E-state index contributed by atoms with van der Waals surface area (Å²) in [6.45, 7) is 8.49. The van der Waals surface area contributed by atoms with Gasteiger partial charge in [0.15, 0.2) is 0 Å². The lowest BCUT2D eigenvalue weighted by atomic mass is 9.95. The normalized spacial score (nSPS) is 11.6. The fourth-order valence-corrected chi connectivity index (χ4v) is 4.16. The van der Waals surface area contributed by atoms with Crippen LogP contribution in [0, 0.1) is 5.41 Å². The van der Waals surface area contributed by atoms with Gasteiger partial charge in [0.05, 0.1) is 16.6 Å². The minimum atomic E-state index is -0.936. The molecule has 36 heavy (non-hydrogen) atoms. The van der Waals surface area contributed by atoms with Gasteiger partial charge in [-0.25, -0.2) is 9.78 Å². The predicted octanol–water partition coefficient (Wildman–Crippen LogP) is 6.78. The number of anilines is 1. The summed E-state index contributed by atoms with van der Waals surface area (Å²) in [6.07, 6.45) is 2.99. The van der Waals surface area contributed by atoms with Crippen LogP contribution in [0.25, 0.3) is 22.2 Å². The molecular weight excluding hydrogens is 450 g/mol. The molecule has 0 saturated heterocycles. The van der Waals surface area contributed by atoms with Gasteiger partial charge in [-0.3, -0.25) is 4.79 Å². The van der Waals surface area contributed by atoms with Crippen molar-refractivity contribution in [2.24, 2.45) is 5.41 Å². The van der Waals surface area contributed by atoms with Gasteiger partial charge in [0.25, 0.3) is 0 Å². The third kappa shape index (κ3) is 5.48. The number of carbonyl (C=O) groups excluding carboxylic acids is 1. The van der Waals surface area contributed by atoms with E-state index in [1.807, 2.05) is 75.4 Å². The number of nitrogens with zero attached hydrogens (tertiary/aromatic N) is 2. The zero-order chi connectivity index (χ0) is 25.9. The Morgan fingerprint density at radius 1 is 1.00 bits per heavy atom. The average molecular weight is 484 g/mol. The summed E-state index contributed by atoms with van der Waals surface area (Å²) in [5.41, 5.74) is 5.10. The van der Waals surface area contributed by atoms with Gasteiger partial charge in [0.2, 0.25) is 5.91 Å². The number of aromatic nitrogens is 2. The van der Waals surface area contributed by atoms with Gasteiger partial charge in [-0.05, 0) is 47.4 Å². The smallest absolute Gasteiger partial charge is 0.336 e. The molecule has 0 atom stereocenters. The highest BCUT2D eigenvalue weighted by atomic mass is 16.4. The number of imidazole rings is 1. The highest BCUT2D eigenvalue weighted by Gasteiger charge is 2.22. The number of aromatic carboxylic acids is 1. The summed E-state index contributed by atoms with van der Waals surface area (Å²) >= 11 is 0. The van der Waals surface area contributed by atoms with Gasteiger partial charge in [-0.2, -0.15) is 0 Å². The molecule has 0 aliphatic heterocycles. The summed E-state index contributed by atoms with van der Waals surface area (Å²) in [5.74, 6) is 0.0530. The molecule has 6 heteroatoms. The molecule has 0 saturated carbocycles.